The Kier molecular flexibility index (Phi) is 7.99. The molecule has 0 atom stereocenters. The number of benzene rings is 2. The van der Waals surface area contributed by atoms with E-state index in [0.29, 0.717) is 11.4 Å². The Morgan fingerprint density at radius 3 is 2.35 bits per heavy atom. The van der Waals surface area contributed by atoms with E-state index in [9.17, 15) is 8.42 Å². The number of nitrogens with zero attached hydrogens (tertiary/aromatic N) is 1. The number of rotatable bonds is 8. The molecule has 2 rings (SSSR count). The van der Waals surface area contributed by atoms with Gasteiger partial charge in [-0.2, -0.15) is 0 Å². The van der Waals surface area contributed by atoms with Crippen molar-refractivity contribution in [1.29, 1.82) is 0 Å². The third-order valence-corrected chi connectivity index (χ3v) is 5.06. The number of fused-ring (bicyclic) bond motifs is 1. The van der Waals surface area contributed by atoms with Gasteiger partial charge in [0, 0.05) is 6.54 Å². The van der Waals surface area contributed by atoms with E-state index in [0.717, 1.165) is 36.6 Å². The molecule has 6 heteroatoms. The lowest BCUT2D eigenvalue weighted by Crippen LogP contribution is -2.25. The number of hydrogen-bond acceptors (Lipinski definition) is 3. The molecule has 0 aliphatic carbocycles. The van der Waals surface area contributed by atoms with Gasteiger partial charge in [0.05, 0.1) is 4.90 Å². The first-order valence-corrected chi connectivity index (χ1v) is 9.10. The summed E-state index contributed by atoms with van der Waals surface area (Å²) < 4.78 is 27.3. The highest BCUT2D eigenvalue weighted by atomic mass is 35.5. The zero-order valence-electron chi connectivity index (χ0n) is 13.7. The Morgan fingerprint density at radius 2 is 1.65 bits per heavy atom. The predicted octanol–water partition coefficient (Wildman–Crippen LogP) is 3.27. The van der Waals surface area contributed by atoms with E-state index in [1.165, 1.54) is 0 Å². The Balaban J connectivity index is 0.00000264. The van der Waals surface area contributed by atoms with Crippen molar-refractivity contribution in [1.82, 2.24) is 9.62 Å². The zero-order chi connectivity index (χ0) is 16.0. The largest absolute Gasteiger partial charge is 0.309 e. The van der Waals surface area contributed by atoms with Gasteiger partial charge in [-0.25, -0.2) is 13.1 Å². The second kappa shape index (κ2) is 9.23. The summed E-state index contributed by atoms with van der Waals surface area (Å²) in [5, 5.41) is 1.99. The number of halogens is 1. The van der Waals surface area contributed by atoms with Crippen molar-refractivity contribution in [2.24, 2.45) is 0 Å². The van der Waals surface area contributed by atoms with Crippen molar-refractivity contribution < 1.29 is 8.42 Å². The molecule has 2 aromatic rings. The van der Waals surface area contributed by atoms with Crippen LogP contribution in [0.15, 0.2) is 47.4 Å². The molecular weight excluding hydrogens is 332 g/mol. The lowest BCUT2D eigenvalue weighted by molar-refractivity contribution is 0.391. The Hall–Kier alpha value is -1.14. The van der Waals surface area contributed by atoms with Crippen molar-refractivity contribution in [2.75, 3.05) is 27.2 Å². The molecule has 0 radical (unpaired) electrons. The fraction of sp³-hybridized carbons (Fsp3) is 0.412. The molecule has 0 heterocycles. The van der Waals surface area contributed by atoms with Gasteiger partial charge in [0.15, 0.2) is 0 Å². The van der Waals surface area contributed by atoms with Crippen molar-refractivity contribution in [3.63, 3.8) is 0 Å². The maximum atomic E-state index is 12.3. The average Bonchev–Trinajstić information content (AvgIpc) is 2.50. The Morgan fingerprint density at radius 1 is 0.957 bits per heavy atom. The molecule has 0 bridgehead atoms. The predicted molar refractivity (Wildman–Crippen MR) is 98.8 cm³/mol. The van der Waals surface area contributed by atoms with Crippen molar-refractivity contribution in [3.8, 4) is 0 Å². The third-order valence-electron chi connectivity index (χ3n) is 3.61. The quantitative estimate of drug-likeness (QED) is 0.738. The monoisotopic (exact) mass is 356 g/mol. The van der Waals surface area contributed by atoms with Gasteiger partial charge in [0.25, 0.3) is 0 Å². The van der Waals surface area contributed by atoms with Crippen LogP contribution in [0.4, 0.5) is 0 Å². The van der Waals surface area contributed by atoms with Crippen LogP contribution < -0.4 is 4.72 Å². The average molecular weight is 357 g/mol. The molecule has 0 aliphatic heterocycles. The first-order valence-electron chi connectivity index (χ1n) is 7.62. The van der Waals surface area contributed by atoms with E-state index in [4.69, 9.17) is 0 Å². The van der Waals surface area contributed by atoms with Crippen molar-refractivity contribution in [2.45, 2.75) is 24.2 Å². The molecule has 0 aliphatic rings. The van der Waals surface area contributed by atoms with Gasteiger partial charge in [-0.3, -0.25) is 0 Å². The van der Waals surface area contributed by atoms with E-state index < -0.39 is 10.0 Å². The van der Waals surface area contributed by atoms with Crippen LogP contribution in [0.3, 0.4) is 0 Å². The number of unbranched alkanes of at least 4 members (excludes halogenated alkanes) is 2. The number of sulfonamides is 1. The zero-order valence-corrected chi connectivity index (χ0v) is 15.3. The van der Waals surface area contributed by atoms with Crippen LogP contribution >= 0.6 is 12.4 Å². The van der Waals surface area contributed by atoms with Crippen molar-refractivity contribution >= 4 is 33.2 Å². The summed E-state index contributed by atoms with van der Waals surface area (Å²) in [5.41, 5.74) is 0. The van der Waals surface area contributed by atoms with E-state index >= 15 is 0 Å². The Bertz CT molecular complexity index is 717. The van der Waals surface area contributed by atoms with Crippen LogP contribution in [0.5, 0.6) is 0 Å². The van der Waals surface area contributed by atoms with Gasteiger partial charge in [0.2, 0.25) is 10.0 Å². The summed E-state index contributed by atoms with van der Waals surface area (Å²) in [4.78, 5) is 2.47. The summed E-state index contributed by atoms with van der Waals surface area (Å²) in [6.45, 7) is 1.53. The minimum absolute atomic E-state index is 0. The third kappa shape index (κ3) is 6.11. The van der Waals surface area contributed by atoms with Crippen LogP contribution in [0.1, 0.15) is 19.3 Å². The molecule has 0 amide bonds. The summed E-state index contributed by atoms with van der Waals surface area (Å²) >= 11 is 0. The lowest BCUT2D eigenvalue weighted by Gasteiger charge is -2.10. The molecule has 0 spiro atoms. The summed E-state index contributed by atoms with van der Waals surface area (Å²) in [5.74, 6) is 0. The van der Waals surface area contributed by atoms with E-state index in [2.05, 4.69) is 9.62 Å². The van der Waals surface area contributed by atoms with E-state index in [1.54, 1.807) is 12.1 Å². The normalized spacial score (nSPS) is 11.6. The first kappa shape index (κ1) is 19.9. The summed E-state index contributed by atoms with van der Waals surface area (Å²) in [6, 6.07) is 13.0. The fourth-order valence-corrected chi connectivity index (χ4v) is 3.46. The topological polar surface area (TPSA) is 49.4 Å². The van der Waals surface area contributed by atoms with Gasteiger partial charge < -0.3 is 4.90 Å². The molecule has 0 saturated carbocycles. The maximum absolute atomic E-state index is 12.3. The van der Waals surface area contributed by atoms with Gasteiger partial charge >= 0.3 is 0 Å². The molecule has 4 nitrogen and oxygen atoms in total. The van der Waals surface area contributed by atoms with Crippen LogP contribution in [0.25, 0.3) is 10.8 Å². The van der Waals surface area contributed by atoms with E-state index in [1.807, 2.05) is 44.4 Å². The fourth-order valence-electron chi connectivity index (χ4n) is 2.35. The van der Waals surface area contributed by atoms with Crippen LogP contribution in [0, 0.1) is 0 Å². The first-order chi connectivity index (χ1) is 10.5. The number of nitrogens with one attached hydrogen (secondary N) is 1. The van der Waals surface area contributed by atoms with E-state index in [-0.39, 0.29) is 12.4 Å². The molecule has 1 N–H and O–H groups in total. The standard InChI is InChI=1S/C17H24N2O2S.ClH/c1-19(2)13-7-3-6-12-18-22(20,21)17-11-10-15-8-4-5-9-16(15)14-17;/h4-5,8-11,14,18H,3,6-7,12-13H2,1-2H3;1H. The Labute approximate surface area is 145 Å². The lowest BCUT2D eigenvalue weighted by atomic mass is 10.1. The molecule has 128 valence electrons. The molecule has 0 aromatic heterocycles. The molecule has 2 aromatic carbocycles. The second-order valence-electron chi connectivity index (χ2n) is 5.77. The van der Waals surface area contributed by atoms with Gasteiger partial charge in [0.1, 0.15) is 0 Å². The molecule has 23 heavy (non-hydrogen) atoms. The van der Waals surface area contributed by atoms with Gasteiger partial charge in [-0.05, 0) is 56.4 Å². The molecular formula is C17H25ClN2O2S. The SMILES string of the molecule is CN(C)CCCCCNS(=O)(=O)c1ccc2ccccc2c1.Cl. The highest BCUT2D eigenvalue weighted by Gasteiger charge is 2.13. The summed E-state index contributed by atoms with van der Waals surface area (Å²) in [7, 11) is 0.672. The molecule has 0 fully saturated rings. The smallest absolute Gasteiger partial charge is 0.240 e. The maximum Gasteiger partial charge on any atom is 0.240 e. The van der Waals surface area contributed by atoms with Crippen LogP contribution in [-0.2, 0) is 10.0 Å². The molecule has 0 saturated heterocycles. The molecule has 0 unspecified atom stereocenters. The highest BCUT2D eigenvalue weighted by Crippen LogP contribution is 2.18. The van der Waals surface area contributed by atoms with Gasteiger partial charge in [-0.15, -0.1) is 12.4 Å². The number of hydrogen-bond donors (Lipinski definition) is 1. The van der Waals surface area contributed by atoms with Crippen LogP contribution in [0.2, 0.25) is 0 Å². The minimum Gasteiger partial charge on any atom is -0.309 e. The minimum atomic E-state index is -3.42. The van der Waals surface area contributed by atoms with Crippen LogP contribution in [-0.4, -0.2) is 40.5 Å². The second-order valence-corrected chi connectivity index (χ2v) is 7.54. The van der Waals surface area contributed by atoms with Crippen molar-refractivity contribution in [3.05, 3.63) is 42.5 Å². The highest BCUT2D eigenvalue weighted by molar-refractivity contribution is 7.89. The summed E-state index contributed by atoms with van der Waals surface area (Å²) in [6.07, 6.45) is 2.98. The van der Waals surface area contributed by atoms with Gasteiger partial charge in [-0.1, -0.05) is 36.8 Å².